The van der Waals surface area contributed by atoms with E-state index in [9.17, 15) is 0 Å². The lowest BCUT2D eigenvalue weighted by molar-refractivity contribution is 0.0829. The van der Waals surface area contributed by atoms with Gasteiger partial charge in [0.15, 0.2) is 0 Å². The van der Waals surface area contributed by atoms with Crippen LogP contribution in [0.3, 0.4) is 0 Å². The first-order chi connectivity index (χ1) is 5.34. The Morgan fingerprint density at radius 3 is 3.09 bits per heavy atom. The summed E-state index contributed by atoms with van der Waals surface area (Å²) in [6.45, 7) is 3.04. The molecule has 0 heterocycles. The SMILES string of the molecule is CCCO[C@@H]1C=CCC[C@H]1I. The number of hydrogen-bond acceptors (Lipinski definition) is 1. The van der Waals surface area contributed by atoms with Gasteiger partial charge in [-0.2, -0.15) is 0 Å². The van der Waals surface area contributed by atoms with Gasteiger partial charge >= 0.3 is 0 Å². The van der Waals surface area contributed by atoms with Crippen LogP contribution in [0.1, 0.15) is 26.2 Å². The highest BCUT2D eigenvalue weighted by molar-refractivity contribution is 14.1. The average Bonchev–Trinajstić information content (AvgIpc) is 2.03. The monoisotopic (exact) mass is 266 g/mol. The summed E-state index contributed by atoms with van der Waals surface area (Å²) < 4.78 is 6.33. The van der Waals surface area contributed by atoms with Crippen molar-refractivity contribution in [3.05, 3.63) is 12.2 Å². The van der Waals surface area contributed by atoms with Crippen molar-refractivity contribution in [1.82, 2.24) is 0 Å². The first kappa shape index (κ1) is 9.52. The molecule has 0 spiro atoms. The van der Waals surface area contributed by atoms with Gasteiger partial charge in [-0.15, -0.1) is 0 Å². The molecule has 0 N–H and O–H groups in total. The summed E-state index contributed by atoms with van der Waals surface area (Å²) in [6, 6.07) is 0. The molecule has 0 aliphatic heterocycles. The number of ether oxygens (including phenoxy) is 1. The Bertz CT molecular complexity index is 134. The smallest absolute Gasteiger partial charge is 0.0873 e. The molecule has 0 fully saturated rings. The third-order valence-electron chi connectivity index (χ3n) is 1.81. The fourth-order valence-corrected chi connectivity index (χ4v) is 1.99. The predicted molar refractivity (Wildman–Crippen MR) is 56.2 cm³/mol. The zero-order chi connectivity index (χ0) is 8.10. The highest BCUT2D eigenvalue weighted by Crippen LogP contribution is 2.22. The Morgan fingerprint density at radius 1 is 1.64 bits per heavy atom. The van der Waals surface area contributed by atoms with Crippen LogP contribution in [-0.2, 0) is 4.74 Å². The van der Waals surface area contributed by atoms with Gasteiger partial charge in [-0.25, -0.2) is 0 Å². The third kappa shape index (κ3) is 3.11. The third-order valence-corrected chi connectivity index (χ3v) is 3.14. The van der Waals surface area contributed by atoms with Gasteiger partial charge in [-0.3, -0.25) is 0 Å². The molecule has 2 atom stereocenters. The molecular formula is C9H15IO. The van der Waals surface area contributed by atoms with Gasteiger partial charge < -0.3 is 4.74 Å². The van der Waals surface area contributed by atoms with Gasteiger partial charge in [0.25, 0.3) is 0 Å². The van der Waals surface area contributed by atoms with E-state index < -0.39 is 0 Å². The number of rotatable bonds is 3. The zero-order valence-corrected chi connectivity index (χ0v) is 9.08. The molecule has 1 aliphatic carbocycles. The first-order valence-corrected chi connectivity index (χ1v) is 5.51. The molecule has 1 nitrogen and oxygen atoms in total. The molecule has 0 aromatic heterocycles. The summed E-state index contributed by atoms with van der Waals surface area (Å²) in [5.41, 5.74) is 0. The van der Waals surface area contributed by atoms with Crippen molar-refractivity contribution in [2.24, 2.45) is 0 Å². The summed E-state index contributed by atoms with van der Waals surface area (Å²) in [6.07, 6.45) is 8.43. The van der Waals surface area contributed by atoms with Crippen LogP contribution in [0.15, 0.2) is 12.2 Å². The quantitative estimate of drug-likeness (QED) is 0.433. The maximum absolute atomic E-state index is 5.65. The lowest BCUT2D eigenvalue weighted by Crippen LogP contribution is -2.24. The van der Waals surface area contributed by atoms with Gasteiger partial charge in [0.2, 0.25) is 0 Å². The number of hydrogen-bond donors (Lipinski definition) is 0. The number of alkyl halides is 1. The Hall–Kier alpha value is 0.430. The molecule has 2 heteroatoms. The minimum Gasteiger partial charge on any atom is -0.373 e. The topological polar surface area (TPSA) is 9.23 Å². The van der Waals surface area contributed by atoms with E-state index >= 15 is 0 Å². The maximum Gasteiger partial charge on any atom is 0.0873 e. The van der Waals surface area contributed by atoms with E-state index in [-0.39, 0.29) is 0 Å². The van der Waals surface area contributed by atoms with Crippen LogP contribution in [-0.4, -0.2) is 16.6 Å². The van der Waals surface area contributed by atoms with E-state index in [0.29, 0.717) is 10.0 Å². The van der Waals surface area contributed by atoms with Crippen LogP contribution in [0.4, 0.5) is 0 Å². The molecule has 0 amide bonds. The van der Waals surface area contributed by atoms with Gasteiger partial charge in [-0.1, -0.05) is 41.7 Å². The molecule has 11 heavy (non-hydrogen) atoms. The van der Waals surface area contributed by atoms with Crippen LogP contribution in [0, 0.1) is 0 Å². The van der Waals surface area contributed by atoms with Crippen LogP contribution in [0.5, 0.6) is 0 Å². The van der Waals surface area contributed by atoms with Gasteiger partial charge in [0.05, 0.1) is 6.10 Å². The van der Waals surface area contributed by atoms with Gasteiger partial charge in [-0.05, 0) is 19.3 Å². The lowest BCUT2D eigenvalue weighted by atomic mass is 10.1. The molecule has 0 radical (unpaired) electrons. The predicted octanol–water partition coefficient (Wildman–Crippen LogP) is 2.94. The second-order valence-corrected chi connectivity index (χ2v) is 4.46. The van der Waals surface area contributed by atoms with Crippen molar-refractivity contribution in [2.75, 3.05) is 6.61 Å². The Labute approximate surface area is 82.3 Å². The summed E-state index contributed by atoms with van der Waals surface area (Å²) in [4.78, 5) is 0. The van der Waals surface area contributed by atoms with E-state index in [4.69, 9.17) is 4.74 Å². The highest BCUT2D eigenvalue weighted by Gasteiger charge is 2.18. The van der Waals surface area contributed by atoms with Gasteiger partial charge in [0, 0.05) is 10.5 Å². The highest BCUT2D eigenvalue weighted by atomic mass is 127. The first-order valence-electron chi connectivity index (χ1n) is 4.27. The molecule has 0 saturated heterocycles. The molecule has 1 aliphatic rings. The van der Waals surface area contributed by atoms with Crippen molar-refractivity contribution in [1.29, 1.82) is 0 Å². The van der Waals surface area contributed by atoms with Crippen LogP contribution < -0.4 is 0 Å². The van der Waals surface area contributed by atoms with Crippen molar-refractivity contribution in [3.8, 4) is 0 Å². The molecule has 0 saturated carbocycles. The fourth-order valence-electron chi connectivity index (χ4n) is 1.18. The molecule has 0 unspecified atom stereocenters. The summed E-state index contributed by atoms with van der Waals surface area (Å²) in [7, 11) is 0. The second-order valence-electron chi connectivity index (χ2n) is 2.86. The average molecular weight is 266 g/mol. The summed E-state index contributed by atoms with van der Waals surface area (Å²) in [5, 5.41) is 0. The van der Waals surface area contributed by atoms with Crippen molar-refractivity contribution >= 4 is 22.6 Å². The largest absolute Gasteiger partial charge is 0.373 e. The molecule has 0 bridgehead atoms. The summed E-state index contributed by atoms with van der Waals surface area (Å²) in [5.74, 6) is 0. The van der Waals surface area contributed by atoms with E-state index in [1.54, 1.807) is 0 Å². The van der Waals surface area contributed by atoms with Crippen molar-refractivity contribution < 1.29 is 4.74 Å². The van der Waals surface area contributed by atoms with E-state index in [1.165, 1.54) is 12.8 Å². The van der Waals surface area contributed by atoms with Crippen LogP contribution >= 0.6 is 22.6 Å². The van der Waals surface area contributed by atoms with E-state index in [1.807, 2.05) is 0 Å². The standard InChI is InChI=1S/C9H15IO/c1-2-7-11-9-6-4-3-5-8(9)10/h4,6,8-9H,2-3,5,7H2,1H3/t8-,9-/m1/s1. The minimum atomic E-state index is 0.379. The normalized spacial score (nSPS) is 30.7. The van der Waals surface area contributed by atoms with E-state index in [0.717, 1.165) is 13.0 Å². The lowest BCUT2D eigenvalue weighted by Gasteiger charge is -2.22. The van der Waals surface area contributed by atoms with Crippen molar-refractivity contribution in [2.45, 2.75) is 36.2 Å². The molecular weight excluding hydrogens is 251 g/mol. The van der Waals surface area contributed by atoms with Gasteiger partial charge in [0.1, 0.15) is 0 Å². The Balaban J connectivity index is 2.29. The van der Waals surface area contributed by atoms with E-state index in [2.05, 4.69) is 41.7 Å². The fraction of sp³-hybridized carbons (Fsp3) is 0.778. The number of allylic oxidation sites excluding steroid dienone is 1. The van der Waals surface area contributed by atoms with Crippen LogP contribution in [0.25, 0.3) is 0 Å². The zero-order valence-electron chi connectivity index (χ0n) is 6.92. The number of halogens is 1. The molecule has 1 rings (SSSR count). The minimum absolute atomic E-state index is 0.379. The van der Waals surface area contributed by atoms with Crippen LogP contribution in [0.2, 0.25) is 0 Å². The second kappa shape index (κ2) is 5.14. The van der Waals surface area contributed by atoms with Crippen molar-refractivity contribution in [3.63, 3.8) is 0 Å². The molecule has 64 valence electrons. The Morgan fingerprint density at radius 2 is 2.45 bits per heavy atom. The molecule has 0 aromatic carbocycles. The summed E-state index contributed by atoms with van der Waals surface area (Å²) >= 11 is 2.48. The molecule has 0 aromatic rings. The Kier molecular flexibility index (Phi) is 4.45. The maximum atomic E-state index is 5.65.